The van der Waals surface area contributed by atoms with Crippen molar-refractivity contribution >= 4 is 38.8 Å². The lowest BCUT2D eigenvalue weighted by molar-refractivity contribution is 0.968. The summed E-state index contributed by atoms with van der Waals surface area (Å²) in [5, 5.41) is 3.85. The molecule has 0 amide bonds. The van der Waals surface area contributed by atoms with Crippen LogP contribution in [0.3, 0.4) is 0 Å². The zero-order chi connectivity index (χ0) is 33.0. The lowest BCUT2D eigenvalue weighted by Gasteiger charge is -2.24. The first-order chi connectivity index (χ1) is 24.9. The smallest absolute Gasteiger partial charge is 0.0619 e. The normalized spacial score (nSPS) is 12.6. The molecule has 0 atom stereocenters. The van der Waals surface area contributed by atoms with E-state index in [9.17, 15) is 0 Å². The van der Waals surface area contributed by atoms with Crippen LogP contribution in [0, 0.1) is 0 Å². The van der Waals surface area contributed by atoms with Gasteiger partial charge < -0.3 is 9.13 Å². The third kappa shape index (κ3) is 4.35. The van der Waals surface area contributed by atoms with Crippen LogP contribution in [0.25, 0.3) is 83.5 Å². The van der Waals surface area contributed by atoms with Crippen molar-refractivity contribution in [3.8, 4) is 44.8 Å². The summed E-state index contributed by atoms with van der Waals surface area (Å²) >= 11 is 0. The zero-order valence-corrected chi connectivity index (χ0v) is 27.6. The van der Waals surface area contributed by atoms with Crippen LogP contribution in [0.4, 0.5) is 0 Å². The number of aromatic nitrogens is 2. The van der Waals surface area contributed by atoms with Crippen LogP contribution in [-0.4, -0.2) is 9.13 Å². The molecule has 0 fully saturated rings. The van der Waals surface area contributed by atoms with Crippen molar-refractivity contribution in [3.63, 3.8) is 0 Å². The Hall–Kier alpha value is -6.38. The van der Waals surface area contributed by atoms with Crippen molar-refractivity contribution in [1.82, 2.24) is 9.13 Å². The van der Waals surface area contributed by atoms with Crippen LogP contribution in [0.15, 0.2) is 176 Å². The second kappa shape index (κ2) is 11.6. The number of fused-ring (bicyclic) bond motifs is 6. The molecule has 0 N–H and O–H groups in total. The quantitative estimate of drug-likeness (QED) is 0.178. The molecule has 2 aromatic heterocycles. The second-order valence-electron chi connectivity index (χ2n) is 13.2. The standard InChI is InChI=1S/C48H34N2/c1-3-17-33(18-4-1)35-25-15-27-41(47(35)49-43-29-11-7-21-37(43)38-22-8-12-30-44(38)49)42-28-16-26-36(34-19-5-2-6-20-34)48(42)50-45-31-13-9-23-39(45)40-24-10-14-32-46(40)50/h1-9,11-23,25-32H,10,24H2. The molecule has 0 saturated heterocycles. The highest BCUT2D eigenvalue weighted by atomic mass is 15.0. The maximum absolute atomic E-state index is 2.54. The lowest BCUT2D eigenvalue weighted by atomic mass is 9.91. The van der Waals surface area contributed by atoms with Gasteiger partial charge in [0.05, 0.1) is 27.9 Å². The molecule has 0 unspecified atom stereocenters. The molecule has 2 nitrogen and oxygen atoms in total. The Morgan fingerprint density at radius 1 is 0.360 bits per heavy atom. The van der Waals surface area contributed by atoms with Crippen molar-refractivity contribution in [2.45, 2.75) is 12.8 Å². The van der Waals surface area contributed by atoms with E-state index in [1.54, 1.807) is 0 Å². The van der Waals surface area contributed by atoms with Crippen molar-refractivity contribution in [1.29, 1.82) is 0 Å². The summed E-state index contributed by atoms with van der Waals surface area (Å²) in [5.41, 5.74) is 15.9. The highest BCUT2D eigenvalue weighted by Gasteiger charge is 2.26. The highest BCUT2D eigenvalue weighted by molar-refractivity contribution is 6.11. The number of benzene rings is 7. The molecule has 0 radical (unpaired) electrons. The van der Waals surface area contributed by atoms with Crippen LogP contribution in [0.1, 0.15) is 17.7 Å². The molecular formula is C48H34N2. The Labute approximate surface area is 291 Å². The van der Waals surface area contributed by atoms with Gasteiger partial charge in [0.2, 0.25) is 0 Å². The molecule has 9 aromatic rings. The van der Waals surface area contributed by atoms with E-state index >= 15 is 0 Å². The number of hydrogen-bond acceptors (Lipinski definition) is 0. The average molecular weight is 639 g/mol. The summed E-state index contributed by atoms with van der Waals surface area (Å²) in [5.74, 6) is 0. The van der Waals surface area contributed by atoms with Gasteiger partial charge in [-0.3, -0.25) is 0 Å². The highest BCUT2D eigenvalue weighted by Crippen LogP contribution is 2.46. The predicted molar refractivity (Wildman–Crippen MR) is 211 cm³/mol. The Morgan fingerprint density at radius 3 is 1.36 bits per heavy atom. The Morgan fingerprint density at radius 2 is 0.800 bits per heavy atom. The molecule has 0 aliphatic heterocycles. The Bertz CT molecular complexity index is 2690. The van der Waals surface area contributed by atoms with E-state index in [4.69, 9.17) is 0 Å². The molecule has 0 bridgehead atoms. The first-order valence-corrected chi connectivity index (χ1v) is 17.5. The summed E-state index contributed by atoms with van der Waals surface area (Å²) in [7, 11) is 0. The number of rotatable bonds is 5. The minimum Gasteiger partial charge on any atom is -0.308 e. The van der Waals surface area contributed by atoms with Gasteiger partial charge in [-0.05, 0) is 53.8 Å². The van der Waals surface area contributed by atoms with Crippen molar-refractivity contribution in [2.24, 2.45) is 0 Å². The molecular weight excluding hydrogens is 605 g/mol. The fourth-order valence-corrected chi connectivity index (χ4v) is 8.30. The van der Waals surface area contributed by atoms with Gasteiger partial charge in [0.25, 0.3) is 0 Å². The van der Waals surface area contributed by atoms with Gasteiger partial charge in [0.15, 0.2) is 0 Å². The third-order valence-corrected chi connectivity index (χ3v) is 10.4. The predicted octanol–water partition coefficient (Wildman–Crippen LogP) is 12.7. The first kappa shape index (κ1) is 28.6. The molecule has 50 heavy (non-hydrogen) atoms. The third-order valence-electron chi connectivity index (χ3n) is 10.4. The largest absolute Gasteiger partial charge is 0.308 e. The summed E-state index contributed by atoms with van der Waals surface area (Å²) < 4.78 is 5.05. The number of nitrogens with zero attached hydrogens (tertiary/aromatic N) is 2. The summed E-state index contributed by atoms with van der Waals surface area (Å²) in [6, 6.07) is 62.1. The summed E-state index contributed by atoms with van der Waals surface area (Å²) in [4.78, 5) is 0. The lowest BCUT2D eigenvalue weighted by Crippen LogP contribution is -2.06. The van der Waals surface area contributed by atoms with E-state index in [1.165, 1.54) is 88.7 Å². The van der Waals surface area contributed by atoms with Crippen LogP contribution in [0.5, 0.6) is 0 Å². The monoisotopic (exact) mass is 638 g/mol. The van der Waals surface area contributed by atoms with Crippen molar-refractivity contribution in [2.75, 3.05) is 0 Å². The van der Waals surface area contributed by atoms with Gasteiger partial charge in [0, 0.05) is 44.1 Å². The van der Waals surface area contributed by atoms with Crippen LogP contribution < -0.4 is 0 Å². The molecule has 0 saturated carbocycles. The summed E-state index contributed by atoms with van der Waals surface area (Å²) in [6.07, 6.45) is 6.78. The average Bonchev–Trinajstić information content (AvgIpc) is 3.71. The molecule has 1 aliphatic rings. The summed E-state index contributed by atoms with van der Waals surface area (Å²) in [6.45, 7) is 0. The number of para-hydroxylation sites is 5. The minimum absolute atomic E-state index is 1.04. The number of aryl methyl sites for hydroxylation is 1. The SMILES string of the molecule is C1=Cc2c(c3ccccc3n2-c2c(-c3ccccc3)cccc2-c2cccc(-c3ccccc3)c2-n2c3ccccc3c3ccccc32)CC1. The van der Waals surface area contributed by atoms with Crippen molar-refractivity contribution in [3.05, 3.63) is 187 Å². The van der Waals surface area contributed by atoms with E-state index in [0.717, 1.165) is 12.8 Å². The van der Waals surface area contributed by atoms with Gasteiger partial charge in [-0.1, -0.05) is 158 Å². The van der Waals surface area contributed by atoms with Crippen molar-refractivity contribution < 1.29 is 0 Å². The number of hydrogen-bond donors (Lipinski definition) is 0. The maximum atomic E-state index is 2.54. The van der Waals surface area contributed by atoms with Gasteiger partial charge in [-0.15, -0.1) is 0 Å². The molecule has 236 valence electrons. The van der Waals surface area contributed by atoms with Gasteiger partial charge >= 0.3 is 0 Å². The second-order valence-corrected chi connectivity index (χ2v) is 13.2. The molecule has 10 rings (SSSR count). The van der Waals surface area contributed by atoms with E-state index in [1.807, 2.05) is 0 Å². The van der Waals surface area contributed by atoms with Crippen LogP contribution >= 0.6 is 0 Å². The molecule has 7 aromatic carbocycles. The fraction of sp³-hybridized carbons (Fsp3) is 0.0417. The van der Waals surface area contributed by atoms with E-state index in [0.29, 0.717) is 0 Å². The van der Waals surface area contributed by atoms with Gasteiger partial charge in [0.1, 0.15) is 0 Å². The Balaban J connectivity index is 1.39. The topological polar surface area (TPSA) is 9.86 Å². The maximum Gasteiger partial charge on any atom is 0.0619 e. The van der Waals surface area contributed by atoms with Crippen LogP contribution in [-0.2, 0) is 6.42 Å². The van der Waals surface area contributed by atoms with E-state index < -0.39 is 0 Å². The Kier molecular flexibility index (Phi) is 6.67. The zero-order valence-electron chi connectivity index (χ0n) is 27.6. The fourth-order valence-electron chi connectivity index (χ4n) is 8.30. The van der Waals surface area contributed by atoms with Gasteiger partial charge in [-0.2, -0.15) is 0 Å². The molecule has 0 spiro atoms. The molecule has 2 heterocycles. The van der Waals surface area contributed by atoms with E-state index in [2.05, 4.69) is 191 Å². The minimum atomic E-state index is 1.04. The van der Waals surface area contributed by atoms with Gasteiger partial charge in [-0.25, -0.2) is 0 Å². The molecule has 1 aliphatic carbocycles. The number of allylic oxidation sites excluding steroid dienone is 1. The van der Waals surface area contributed by atoms with E-state index in [-0.39, 0.29) is 0 Å². The first-order valence-electron chi connectivity index (χ1n) is 17.5. The molecule has 2 heteroatoms. The van der Waals surface area contributed by atoms with Crippen LogP contribution in [0.2, 0.25) is 0 Å².